The first-order valence-electron chi connectivity index (χ1n) is 10.0. The molecule has 9 heteroatoms. The highest BCUT2D eigenvalue weighted by molar-refractivity contribution is 14.1. The van der Waals surface area contributed by atoms with E-state index < -0.39 is 0 Å². The lowest BCUT2D eigenvalue weighted by Gasteiger charge is -2.13. The maximum atomic E-state index is 14.1. The van der Waals surface area contributed by atoms with E-state index >= 15 is 0 Å². The molecule has 4 heterocycles. The zero-order valence-electron chi connectivity index (χ0n) is 17.2. The average Bonchev–Trinajstić information content (AvgIpc) is 3.42. The number of halogens is 2. The molecule has 0 aliphatic carbocycles. The number of nitrogens with zero attached hydrogens (tertiary/aromatic N) is 6. The molecule has 5 rings (SSSR count). The molecule has 0 fully saturated rings. The summed E-state index contributed by atoms with van der Waals surface area (Å²) in [7, 11) is 0. The number of rotatable bonds is 6. The number of aromatic nitrogens is 6. The number of pyridine rings is 2. The van der Waals surface area contributed by atoms with Crippen LogP contribution in [0.5, 0.6) is 0 Å². The Bertz CT molecular complexity index is 1390. The standard InChI is InChI=1S/C23H19FIN7/c1-15-5-4-8-19(28-15)23-22(17-9-10-21-26-14-27-32(21)12-17)29-20(30-23)13-31(25)11-16-6-2-3-7-18(16)24/h2-10,12,14H,11,13H2,1H3,(H,29,30). The van der Waals surface area contributed by atoms with Crippen LogP contribution in [0.4, 0.5) is 4.39 Å². The van der Waals surface area contributed by atoms with E-state index in [4.69, 9.17) is 4.98 Å². The van der Waals surface area contributed by atoms with Crippen LogP contribution in [0.2, 0.25) is 0 Å². The monoisotopic (exact) mass is 539 g/mol. The fourth-order valence-corrected chi connectivity index (χ4v) is 4.25. The third-order valence-corrected chi connectivity index (χ3v) is 5.75. The lowest BCUT2D eigenvalue weighted by atomic mass is 10.1. The number of hydrogen-bond acceptors (Lipinski definition) is 5. The summed E-state index contributed by atoms with van der Waals surface area (Å²) in [6, 6.07) is 16.6. The third kappa shape index (κ3) is 4.26. The third-order valence-electron chi connectivity index (χ3n) is 5.07. The van der Waals surface area contributed by atoms with Gasteiger partial charge in [-0.1, -0.05) is 24.3 Å². The topological polar surface area (TPSA) is 75.0 Å². The molecule has 5 aromatic rings. The van der Waals surface area contributed by atoms with Crippen LogP contribution in [0.1, 0.15) is 17.1 Å². The van der Waals surface area contributed by atoms with Crippen molar-refractivity contribution < 1.29 is 4.39 Å². The van der Waals surface area contributed by atoms with Gasteiger partial charge in [-0.25, -0.2) is 22.0 Å². The molecule has 0 unspecified atom stereocenters. The van der Waals surface area contributed by atoms with Gasteiger partial charge in [0.15, 0.2) is 5.65 Å². The minimum atomic E-state index is -0.208. The highest BCUT2D eigenvalue weighted by atomic mass is 127. The van der Waals surface area contributed by atoms with Gasteiger partial charge in [0.1, 0.15) is 18.0 Å². The van der Waals surface area contributed by atoms with Crippen molar-refractivity contribution in [2.45, 2.75) is 20.0 Å². The lowest BCUT2D eigenvalue weighted by molar-refractivity contribution is 0.473. The van der Waals surface area contributed by atoms with Crippen molar-refractivity contribution in [1.29, 1.82) is 0 Å². The van der Waals surface area contributed by atoms with Gasteiger partial charge in [0.25, 0.3) is 0 Å². The summed E-state index contributed by atoms with van der Waals surface area (Å²) >= 11 is 2.20. The number of fused-ring (bicyclic) bond motifs is 1. The van der Waals surface area contributed by atoms with Crippen LogP contribution in [0.15, 0.2) is 67.1 Å². The summed E-state index contributed by atoms with van der Waals surface area (Å²) in [6.45, 7) is 2.94. The van der Waals surface area contributed by atoms with Gasteiger partial charge in [-0.2, -0.15) is 5.10 Å². The van der Waals surface area contributed by atoms with Crippen molar-refractivity contribution in [3.63, 3.8) is 0 Å². The van der Waals surface area contributed by atoms with Crippen molar-refractivity contribution in [2.24, 2.45) is 0 Å². The van der Waals surface area contributed by atoms with Crippen molar-refractivity contribution in [3.8, 4) is 22.6 Å². The summed E-state index contributed by atoms with van der Waals surface area (Å²) in [5.74, 6) is 0.558. The van der Waals surface area contributed by atoms with Gasteiger partial charge in [0, 0.05) is 52.4 Å². The van der Waals surface area contributed by atoms with Crippen molar-refractivity contribution >= 4 is 28.5 Å². The first-order valence-corrected chi connectivity index (χ1v) is 11.0. The molecule has 1 N–H and O–H groups in total. The first kappa shape index (κ1) is 20.7. The molecular weight excluding hydrogens is 520 g/mol. The Morgan fingerprint density at radius 3 is 2.75 bits per heavy atom. The molecular formula is C23H19FIN7. The highest BCUT2D eigenvalue weighted by Gasteiger charge is 2.18. The van der Waals surface area contributed by atoms with Crippen molar-refractivity contribution in [1.82, 2.24) is 32.7 Å². The fourth-order valence-electron chi connectivity index (χ4n) is 3.56. The predicted molar refractivity (Wildman–Crippen MR) is 128 cm³/mol. The van der Waals surface area contributed by atoms with Gasteiger partial charge < -0.3 is 4.98 Å². The van der Waals surface area contributed by atoms with E-state index in [1.165, 1.54) is 12.4 Å². The molecule has 0 saturated carbocycles. The number of aryl methyl sites for hydroxylation is 1. The molecule has 0 atom stereocenters. The predicted octanol–water partition coefficient (Wildman–Crippen LogP) is 4.98. The summed E-state index contributed by atoms with van der Waals surface area (Å²) in [5.41, 5.74) is 5.66. The molecule has 0 spiro atoms. The summed E-state index contributed by atoms with van der Waals surface area (Å²) in [6.07, 6.45) is 3.43. The number of imidazole rings is 1. The quantitative estimate of drug-likeness (QED) is 0.244. The Kier molecular flexibility index (Phi) is 5.66. The van der Waals surface area contributed by atoms with Crippen LogP contribution >= 0.6 is 22.9 Å². The zero-order chi connectivity index (χ0) is 22.1. The van der Waals surface area contributed by atoms with E-state index in [9.17, 15) is 4.39 Å². The number of H-pyrrole nitrogens is 1. The van der Waals surface area contributed by atoms with Gasteiger partial charge >= 0.3 is 0 Å². The zero-order valence-corrected chi connectivity index (χ0v) is 19.4. The average molecular weight is 539 g/mol. The van der Waals surface area contributed by atoms with Crippen LogP contribution in [0.3, 0.4) is 0 Å². The van der Waals surface area contributed by atoms with Gasteiger partial charge in [0.2, 0.25) is 0 Å². The van der Waals surface area contributed by atoms with Gasteiger partial charge in [-0.15, -0.1) is 0 Å². The van der Waals surface area contributed by atoms with E-state index in [-0.39, 0.29) is 5.82 Å². The molecule has 4 aromatic heterocycles. The van der Waals surface area contributed by atoms with E-state index in [2.05, 4.69) is 42.9 Å². The van der Waals surface area contributed by atoms with Crippen LogP contribution < -0.4 is 0 Å². The molecule has 32 heavy (non-hydrogen) atoms. The number of nitrogens with one attached hydrogen (secondary N) is 1. The molecule has 1 aromatic carbocycles. The molecule has 0 saturated heterocycles. The first-order chi connectivity index (χ1) is 15.6. The molecule has 0 aliphatic rings. The second-order valence-corrected chi connectivity index (χ2v) is 8.79. The second kappa shape index (κ2) is 8.75. The van der Waals surface area contributed by atoms with E-state index in [0.717, 1.165) is 39.8 Å². The minimum absolute atomic E-state index is 0.208. The summed E-state index contributed by atoms with van der Waals surface area (Å²) < 4.78 is 17.8. The second-order valence-electron chi connectivity index (χ2n) is 7.42. The van der Waals surface area contributed by atoms with E-state index in [0.29, 0.717) is 18.7 Å². The molecule has 0 radical (unpaired) electrons. The van der Waals surface area contributed by atoms with Crippen LogP contribution in [0.25, 0.3) is 28.3 Å². The number of hydrogen-bond donors (Lipinski definition) is 1. The van der Waals surface area contributed by atoms with Gasteiger partial charge in [-0.3, -0.25) is 4.98 Å². The van der Waals surface area contributed by atoms with Gasteiger partial charge in [-0.05, 0) is 37.3 Å². The maximum absolute atomic E-state index is 14.1. The Morgan fingerprint density at radius 2 is 1.91 bits per heavy atom. The molecule has 0 bridgehead atoms. The number of benzene rings is 1. The SMILES string of the molecule is Cc1cccc(-c2[nH]c(CN(I)Cc3ccccc3F)nc2-c2ccc3ncnn3c2)n1. The summed E-state index contributed by atoms with van der Waals surface area (Å²) in [4.78, 5) is 17.2. The highest BCUT2D eigenvalue weighted by Crippen LogP contribution is 2.30. The smallest absolute Gasteiger partial charge is 0.155 e. The van der Waals surface area contributed by atoms with Gasteiger partial charge in [0.05, 0.1) is 23.6 Å². The van der Waals surface area contributed by atoms with Crippen LogP contribution in [-0.4, -0.2) is 32.7 Å². The Balaban J connectivity index is 1.51. The Hall–Kier alpha value is -3.18. The fraction of sp³-hybridized carbons (Fsp3) is 0.130. The molecule has 7 nitrogen and oxygen atoms in total. The Morgan fingerprint density at radius 1 is 1.03 bits per heavy atom. The Labute approximate surface area is 197 Å². The van der Waals surface area contributed by atoms with E-state index in [1.807, 2.05) is 52.6 Å². The summed E-state index contributed by atoms with van der Waals surface area (Å²) in [5, 5.41) is 4.24. The van der Waals surface area contributed by atoms with Crippen LogP contribution in [-0.2, 0) is 13.1 Å². The number of aromatic amines is 1. The molecule has 0 aliphatic heterocycles. The largest absolute Gasteiger partial charge is 0.339 e. The van der Waals surface area contributed by atoms with Crippen molar-refractivity contribution in [2.75, 3.05) is 0 Å². The normalized spacial score (nSPS) is 11.5. The molecule has 0 amide bonds. The molecule has 160 valence electrons. The minimum Gasteiger partial charge on any atom is -0.339 e. The van der Waals surface area contributed by atoms with E-state index in [1.54, 1.807) is 16.6 Å². The lowest BCUT2D eigenvalue weighted by Crippen LogP contribution is -2.12. The van der Waals surface area contributed by atoms with Crippen LogP contribution in [0, 0.1) is 12.7 Å². The maximum Gasteiger partial charge on any atom is 0.155 e. The van der Waals surface area contributed by atoms with Crippen molar-refractivity contribution in [3.05, 3.63) is 90.0 Å².